The van der Waals surface area contributed by atoms with Gasteiger partial charge >= 0.3 is 0 Å². The lowest BCUT2D eigenvalue weighted by molar-refractivity contribution is -0.384. The highest BCUT2D eigenvalue weighted by Crippen LogP contribution is 2.31. The highest BCUT2D eigenvalue weighted by atomic mass is 16.6. The molecule has 0 radical (unpaired) electrons. The van der Waals surface area contributed by atoms with E-state index in [1.54, 1.807) is 25.4 Å². The Kier molecular flexibility index (Phi) is 3.23. The van der Waals surface area contributed by atoms with Crippen molar-refractivity contribution >= 4 is 5.69 Å². The normalized spacial score (nSPS) is 10.1. The van der Waals surface area contributed by atoms with Gasteiger partial charge in [-0.1, -0.05) is 12.1 Å². The van der Waals surface area contributed by atoms with E-state index in [-0.39, 0.29) is 5.69 Å². The number of rotatable bonds is 3. The van der Waals surface area contributed by atoms with Crippen molar-refractivity contribution < 1.29 is 9.66 Å². The second kappa shape index (κ2) is 4.83. The van der Waals surface area contributed by atoms with Gasteiger partial charge in [0.25, 0.3) is 5.69 Å². The molecule has 0 saturated heterocycles. The number of non-ortho nitro benzene ring substituents is 1. The Morgan fingerprint density at radius 3 is 2.78 bits per heavy atom. The number of aromatic nitrogens is 1. The Morgan fingerprint density at radius 2 is 2.11 bits per heavy atom. The first kappa shape index (κ1) is 12.0. The average Bonchev–Trinajstić information content (AvgIpc) is 2.38. The summed E-state index contributed by atoms with van der Waals surface area (Å²) in [5.74, 6) is 0.637. The molecule has 0 bridgehead atoms. The fourth-order valence-electron chi connectivity index (χ4n) is 1.77. The third kappa shape index (κ3) is 2.15. The van der Waals surface area contributed by atoms with Crippen LogP contribution in [0.15, 0.2) is 36.5 Å². The summed E-state index contributed by atoms with van der Waals surface area (Å²) in [5, 5.41) is 10.8. The van der Waals surface area contributed by atoms with Gasteiger partial charge in [-0.3, -0.25) is 15.1 Å². The molecule has 1 aromatic heterocycles. The Morgan fingerprint density at radius 1 is 1.33 bits per heavy atom. The first-order chi connectivity index (χ1) is 8.63. The zero-order valence-electron chi connectivity index (χ0n) is 10.1. The van der Waals surface area contributed by atoms with E-state index in [9.17, 15) is 10.1 Å². The van der Waals surface area contributed by atoms with E-state index < -0.39 is 4.92 Å². The minimum Gasteiger partial charge on any atom is -0.494 e. The summed E-state index contributed by atoms with van der Waals surface area (Å²) < 4.78 is 5.30. The fourth-order valence-corrected chi connectivity index (χ4v) is 1.77. The molecule has 92 valence electrons. The third-order valence-corrected chi connectivity index (χ3v) is 2.64. The molecule has 5 nitrogen and oxygen atoms in total. The van der Waals surface area contributed by atoms with Crippen LogP contribution in [0.3, 0.4) is 0 Å². The van der Waals surface area contributed by atoms with Gasteiger partial charge in [0.15, 0.2) is 0 Å². The van der Waals surface area contributed by atoms with E-state index in [4.69, 9.17) is 4.74 Å². The zero-order chi connectivity index (χ0) is 13.1. The fraction of sp³-hybridized carbons (Fsp3) is 0.154. The molecular weight excluding hydrogens is 232 g/mol. The maximum atomic E-state index is 10.8. The van der Waals surface area contributed by atoms with Crippen LogP contribution in [0.2, 0.25) is 0 Å². The quantitative estimate of drug-likeness (QED) is 0.615. The van der Waals surface area contributed by atoms with E-state index >= 15 is 0 Å². The summed E-state index contributed by atoms with van der Waals surface area (Å²) in [6.45, 7) is 1.90. The molecule has 1 heterocycles. The third-order valence-electron chi connectivity index (χ3n) is 2.64. The van der Waals surface area contributed by atoms with Gasteiger partial charge in [-0.25, -0.2) is 0 Å². The smallest absolute Gasteiger partial charge is 0.270 e. The van der Waals surface area contributed by atoms with Gasteiger partial charge in [0.2, 0.25) is 0 Å². The van der Waals surface area contributed by atoms with Gasteiger partial charge in [0.1, 0.15) is 11.4 Å². The Bertz CT molecular complexity index is 597. The number of methoxy groups -OCH3 is 1. The molecular formula is C13H12N2O3. The maximum absolute atomic E-state index is 10.8. The lowest BCUT2D eigenvalue weighted by Gasteiger charge is -2.09. The molecule has 0 aliphatic carbocycles. The molecule has 0 spiro atoms. The van der Waals surface area contributed by atoms with Gasteiger partial charge < -0.3 is 4.74 Å². The minimum absolute atomic E-state index is 0.0397. The Hall–Kier alpha value is -2.43. The largest absolute Gasteiger partial charge is 0.494 e. The highest BCUT2D eigenvalue weighted by molar-refractivity contribution is 5.69. The SMILES string of the molecule is COc1c(C)ccnc1-c1cccc([N+](=O)[O-])c1. The van der Waals surface area contributed by atoms with E-state index in [1.807, 2.05) is 13.0 Å². The molecule has 0 N–H and O–H groups in total. The van der Waals surface area contributed by atoms with Crippen molar-refractivity contribution in [1.29, 1.82) is 0 Å². The van der Waals surface area contributed by atoms with E-state index in [2.05, 4.69) is 4.98 Å². The van der Waals surface area contributed by atoms with Crippen LogP contribution in [0.25, 0.3) is 11.3 Å². The summed E-state index contributed by atoms with van der Waals surface area (Å²) in [6.07, 6.45) is 1.66. The van der Waals surface area contributed by atoms with Crippen LogP contribution >= 0.6 is 0 Å². The summed E-state index contributed by atoms with van der Waals surface area (Å²) in [4.78, 5) is 14.6. The lowest BCUT2D eigenvalue weighted by Crippen LogP contribution is -1.95. The number of nitro groups is 1. The molecule has 0 unspecified atom stereocenters. The van der Waals surface area contributed by atoms with Crippen LogP contribution in [0.4, 0.5) is 5.69 Å². The second-order valence-corrected chi connectivity index (χ2v) is 3.82. The van der Waals surface area contributed by atoms with Crippen LogP contribution in [0.1, 0.15) is 5.56 Å². The van der Waals surface area contributed by atoms with E-state index in [0.29, 0.717) is 17.0 Å². The molecule has 0 saturated carbocycles. The van der Waals surface area contributed by atoms with Crippen LogP contribution < -0.4 is 4.74 Å². The molecule has 2 rings (SSSR count). The monoisotopic (exact) mass is 244 g/mol. The zero-order valence-corrected chi connectivity index (χ0v) is 10.1. The Balaban J connectivity index is 2.58. The molecule has 0 atom stereocenters. The highest BCUT2D eigenvalue weighted by Gasteiger charge is 2.13. The number of pyridine rings is 1. The van der Waals surface area contributed by atoms with Gasteiger partial charge in [-0.15, -0.1) is 0 Å². The van der Waals surface area contributed by atoms with Crippen molar-refractivity contribution in [2.45, 2.75) is 6.92 Å². The standard InChI is InChI=1S/C13H12N2O3/c1-9-6-7-14-12(13(9)18-2)10-4-3-5-11(8-10)15(16)17/h3-8H,1-2H3. The topological polar surface area (TPSA) is 65.3 Å². The number of benzene rings is 1. The van der Waals surface area contributed by atoms with Crippen LogP contribution in [0, 0.1) is 17.0 Å². The van der Waals surface area contributed by atoms with Crippen molar-refractivity contribution in [2.24, 2.45) is 0 Å². The number of nitrogens with zero attached hydrogens (tertiary/aromatic N) is 2. The molecule has 18 heavy (non-hydrogen) atoms. The van der Waals surface area contributed by atoms with Crippen molar-refractivity contribution in [3.8, 4) is 17.0 Å². The van der Waals surface area contributed by atoms with Gasteiger partial charge in [0, 0.05) is 23.9 Å². The lowest BCUT2D eigenvalue weighted by atomic mass is 10.1. The maximum Gasteiger partial charge on any atom is 0.270 e. The average molecular weight is 244 g/mol. The van der Waals surface area contributed by atoms with Gasteiger partial charge in [-0.05, 0) is 18.6 Å². The van der Waals surface area contributed by atoms with Crippen molar-refractivity contribution in [2.75, 3.05) is 7.11 Å². The van der Waals surface area contributed by atoms with Crippen LogP contribution in [0.5, 0.6) is 5.75 Å². The van der Waals surface area contributed by atoms with Crippen molar-refractivity contribution in [1.82, 2.24) is 4.98 Å². The first-order valence-electron chi connectivity index (χ1n) is 5.38. The molecule has 0 aliphatic rings. The molecule has 5 heteroatoms. The van der Waals surface area contributed by atoms with Crippen LogP contribution in [-0.2, 0) is 0 Å². The molecule has 0 aliphatic heterocycles. The molecule has 0 fully saturated rings. The summed E-state index contributed by atoms with van der Waals surface area (Å²) >= 11 is 0. The number of ether oxygens (including phenoxy) is 1. The number of hydrogen-bond donors (Lipinski definition) is 0. The second-order valence-electron chi connectivity index (χ2n) is 3.82. The summed E-state index contributed by atoms with van der Waals surface area (Å²) in [6, 6.07) is 8.18. The van der Waals surface area contributed by atoms with Crippen molar-refractivity contribution in [3.63, 3.8) is 0 Å². The summed E-state index contributed by atoms with van der Waals surface area (Å²) in [7, 11) is 1.56. The predicted octanol–water partition coefficient (Wildman–Crippen LogP) is 2.97. The first-order valence-corrected chi connectivity index (χ1v) is 5.38. The van der Waals surface area contributed by atoms with Gasteiger partial charge in [-0.2, -0.15) is 0 Å². The van der Waals surface area contributed by atoms with E-state index in [0.717, 1.165) is 5.56 Å². The van der Waals surface area contributed by atoms with Gasteiger partial charge in [0.05, 0.1) is 12.0 Å². The number of hydrogen-bond acceptors (Lipinski definition) is 4. The van der Waals surface area contributed by atoms with E-state index in [1.165, 1.54) is 12.1 Å². The molecule has 0 amide bonds. The molecule has 2 aromatic rings. The Labute approximate surface area is 104 Å². The van der Waals surface area contributed by atoms with Crippen molar-refractivity contribution in [3.05, 3.63) is 52.2 Å². The molecule has 1 aromatic carbocycles. The number of nitro benzene ring substituents is 1. The number of aryl methyl sites for hydroxylation is 1. The minimum atomic E-state index is -0.425. The summed E-state index contributed by atoms with van der Waals surface area (Å²) in [5.41, 5.74) is 2.26. The van der Waals surface area contributed by atoms with Crippen LogP contribution in [-0.4, -0.2) is 17.0 Å². The predicted molar refractivity (Wildman–Crippen MR) is 67.6 cm³/mol.